The van der Waals surface area contributed by atoms with E-state index in [1.165, 1.54) is 9.80 Å². The number of benzene rings is 2. The average molecular weight is 398 g/mol. The van der Waals surface area contributed by atoms with Crippen LogP contribution < -0.4 is 10.2 Å². The van der Waals surface area contributed by atoms with Gasteiger partial charge in [-0.3, -0.25) is 19.3 Å². The highest BCUT2D eigenvalue weighted by Crippen LogP contribution is 2.45. The van der Waals surface area contributed by atoms with Crippen molar-refractivity contribution in [1.82, 2.24) is 4.90 Å². The highest BCUT2D eigenvalue weighted by molar-refractivity contribution is 6.30. The van der Waals surface area contributed by atoms with Crippen LogP contribution in [0.4, 0.5) is 11.4 Å². The van der Waals surface area contributed by atoms with Crippen LogP contribution in [0, 0.1) is 0 Å². The second kappa shape index (κ2) is 6.63. The maximum Gasteiger partial charge on any atom is 0.271 e. The number of anilines is 2. The average Bonchev–Trinajstić information content (AvgIpc) is 3.02. The first kappa shape index (κ1) is 18.5. The third-order valence-electron chi connectivity index (χ3n) is 5.28. The van der Waals surface area contributed by atoms with E-state index >= 15 is 0 Å². The van der Waals surface area contributed by atoms with Gasteiger partial charge in [-0.15, -0.1) is 0 Å². The van der Waals surface area contributed by atoms with Gasteiger partial charge in [0.25, 0.3) is 11.8 Å². The maximum absolute atomic E-state index is 13.5. The normalized spacial score (nSPS) is 21.0. The molecular weight excluding hydrogens is 378 g/mol. The molecular formula is C21H20ClN3O3. The van der Waals surface area contributed by atoms with E-state index in [1.54, 1.807) is 48.5 Å². The predicted molar refractivity (Wildman–Crippen MR) is 107 cm³/mol. The van der Waals surface area contributed by atoms with Crippen LogP contribution in [-0.4, -0.2) is 34.3 Å². The Balaban J connectivity index is 1.85. The number of nitrogens with one attached hydrogen (secondary N) is 1. The summed E-state index contributed by atoms with van der Waals surface area (Å²) in [6.45, 7) is 3.70. The Hall–Kier alpha value is -2.86. The Morgan fingerprint density at radius 3 is 2.46 bits per heavy atom. The summed E-state index contributed by atoms with van der Waals surface area (Å²) in [4.78, 5) is 42.7. The van der Waals surface area contributed by atoms with E-state index in [0.29, 0.717) is 22.0 Å². The Bertz CT molecular complexity index is 973. The first-order valence-electron chi connectivity index (χ1n) is 9.19. The van der Waals surface area contributed by atoms with E-state index < -0.39 is 11.6 Å². The first-order chi connectivity index (χ1) is 13.4. The standard InChI is InChI=1S/C21H20ClN3O3/c1-13(2)24-19(27)16-5-3-4-6-17(16)25-18(26)11-12-21(24,25)20(28)23-15-9-7-14(22)8-10-15/h3-10,13H,11-12H2,1-2H3,(H,23,28). The molecule has 2 aliphatic rings. The molecule has 144 valence electrons. The van der Waals surface area contributed by atoms with Gasteiger partial charge in [0.15, 0.2) is 0 Å². The fraction of sp³-hybridized carbons (Fsp3) is 0.286. The molecule has 0 spiro atoms. The monoisotopic (exact) mass is 397 g/mol. The third-order valence-corrected chi connectivity index (χ3v) is 5.53. The SMILES string of the molecule is CC(C)N1C(=O)c2ccccc2N2C(=O)CCC21C(=O)Nc1ccc(Cl)cc1. The Morgan fingerprint density at radius 1 is 1.11 bits per heavy atom. The topological polar surface area (TPSA) is 69.7 Å². The lowest BCUT2D eigenvalue weighted by atomic mass is 9.94. The summed E-state index contributed by atoms with van der Waals surface area (Å²) in [5.41, 5.74) is 0.0775. The van der Waals surface area contributed by atoms with E-state index in [2.05, 4.69) is 5.32 Å². The fourth-order valence-corrected chi connectivity index (χ4v) is 4.30. The lowest BCUT2D eigenvalue weighted by Crippen LogP contribution is -2.70. The van der Waals surface area contributed by atoms with Crippen LogP contribution >= 0.6 is 11.6 Å². The molecule has 7 heteroatoms. The molecule has 0 radical (unpaired) electrons. The smallest absolute Gasteiger partial charge is 0.271 e. The number of fused-ring (bicyclic) bond motifs is 3. The van der Waals surface area contributed by atoms with Crippen LogP contribution in [0.5, 0.6) is 0 Å². The van der Waals surface area contributed by atoms with Gasteiger partial charge in [0.2, 0.25) is 11.6 Å². The van der Waals surface area contributed by atoms with E-state index in [9.17, 15) is 14.4 Å². The second-order valence-electron chi connectivity index (χ2n) is 7.29. The molecule has 0 aromatic heterocycles. The van der Waals surface area contributed by atoms with Gasteiger partial charge < -0.3 is 10.2 Å². The predicted octanol–water partition coefficient (Wildman–Crippen LogP) is 3.67. The van der Waals surface area contributed by atoms with Crippen molar-refractivity contribution in [1.29, 1.82) is 0 Å². The zero-order valence-electron chi connectivity index (χ0n) is 15.6. The van der Waals surface area contributed by atoms with Crippen LogP contribution in [0.25, 0.3) is 0 Å². The number of hydrogen-bond acceptors (Lipinski definition) is 3. The Kier molecular flexibility index (Phi) is 4.38. The molecule has 2 heterocycles. The zero-order chi connectivity index (χ0) is 20.1. The van der Waals surface area contributed by atoms with Crippen molar-refractivity contribution in [2.75, 3.05) is 10.2 Å². The summed E-state index contributed by atoms with van der Waals surface area (Å²) in [5.74, 6) is -0.822. The molecule has 0 bridgehead atoms. The minimum Gasteiger partial charge on any atom is -0.322 e. The molecule has 2 aliphatic heterocycles. The zero-order valence-corrected chi connectivity index (χ0v) is 16.4. The molecule has 1 N–H and O–H groups in total. The molecule has 0 aliphatic carbocycles. The van der Waals surface area contributed by atoms with Crippen molar-refractivity contribution in [2.45, 2.75) is 38.4 Å². The quantitative estimate of drug-likeness (QED) is 0.859. The molecule has 2 aromatic carbocycles. The fourth-order valence-electron chi connectivity index (χ4n) is 4.17. The molecule has 1 unspecified atom stereocenters. The van der Waals surface area contributed by atoms with Gasteiger partial charge >= 0.3 is 0 Å². The summed E-state index contributed by atoms with van der Waals surface area (Å²) in [5, 5.41) is 3.43. The van der Waals surface area contributed by atoms with E-state index in [0.717, 1.165) is 0 Å². The first-order valence-corrected chi connectivity index (χ1v) is 9.57. The van der Waals surface area contributed by atoms with Crippen LogP contribution in [0.15, 0.2) is 48.5 Å². The van der Waals surface area contributed by atoms with Crippen molar-refractivity contribution in [2.24, 2.45) is 0 Å². The minimum absolute atomic E-state index is 0.170. The molecule has 1 saturated heterocycles. The van der Waals surface area contributed by atoms with Gasteiger partial charge in [-0.2, -0.15) is 0 Å². The number of nitrogens with zero attached hydrogens (tertiary/aromatic N) is 2. The van der Waals surface area contributed by atoms with Crippen LogP contribution in [-0.2, 0) is 9.59 Å². The van der Waals surface area contributed by atoms with E-state index in [-0.39, 0.29) is 30.7 Å². The number of para-hydroxylation sites is 1. The van der Waals surface area contributed by atoms with Gasteiger partial charge in [0.1, 0.15) is 0 Å². The van der Waals surface area contributed by atoms with Crippen molar-refractivity contribution in [3.63, 3.8) is 0 Å². The summed E-state index contributed by atoms with van der Waals surface area (Å²) in [6, 6.07) is 13.4. The van der Waals surface area contributed by atoms with Crippen molar-refractivity contribution >= 4 is 40.7 Å². The molecule has 0 saturated carbocycles. The number of carbonyl (C=O) groups excluding carboxylic acids is 3. The lowest BCUT2D eigenvalue weighted by Gasteiger charge is -2.50. The van der Waals surface area contributed by atoms with Crippen molar-refractivity contribution in [3.05, 3.63) is 59.1 Å². The van der Waals surface area contributed by atoms with Crippen molar-refractivity contribution in [3.8, 4) is 0 Å². The molecule has 4 rings (SSSR count). The van der Waals surface area contributed by atoms with Gasteiger partial charge in [-0.25, -0.2) is 0 Å². The van der Waals surface area contributed by atoms with Gasteiger partial charge in [-0.1, -0.05) is 23.7 Å². The number of amides is 3. The number of hydrogen-bond donors (Lipinski definition) is 1. The minimum atomic E-state index is -1.39. The summed E-state index contributed by atoms with van der Waals surface area (Å²) in [6.07, 6.45) is 0.433. The van der Waals surface area contributed by atoms with Gasteiger partial charge in [-0.05, 0) is 50.2 Å². The molecule has 3 amide bonds. The number of carbonyl (C=O) groups is 3. The molecule has 2 aromatic rings. The molecule has 6 nitrogen and oxygen atoms in total. The third kappa shape index (κ3) is 2.59. The highest BCUT2D eigenvalue weighted by Gasteiger charge is 2.61. The largest absolute Gasteiger partial charge is 0.322 e. The second-order valence-corrected chi connectivity index (χ2v) is 7.73. The van der Waals surface area contributed by atoms with Crippen LogP contribution in [0.3, 0.4) is 0 Å². The summed E-state index contributed by atoms with van der Waals surface area (Å²) in [7, 11) is 0. The van der Waals surface area contributed by atoms with E-state index in [1.807, 2.05) is 13.8 Å². The molecule has 28 heavy (non-hydrogen) atoms. The van der Waals surface area contributed by atoms with E-state index in [4.69, 9.17) is 11.6 Å². The van der Waals surface area contributed by atoms with Gasteiger partial charge in [0.05, 0.1) is 11.3 Å². The summed E-state index contributed by atoms with van der Waals surface area (Å²) < 4.78 is 0. The molecule has 1 fully saturated rings. The number of rotatable bonds is 3. The lowest BCUT2D eigenvalue weighted by molar-refractivity contribution is -0.129. The maximum atomic E-state index is 13.5. The molecule has 1 atom stereocenters. The van der Waals surface area contributed by atoms with Crippen LogP contribution in [0.1, 0.15) is 37.0 Å². The van der Waals surface area contributed by atoms with Crippen LogP contribution in [0.2, 0.25) is 5.02 Å². The summed E-state index contributed by atoms with van der Waals surface area (Å²) >= 11 is 5.93. The highest BCUT2D eigenvalue weighted by atomic mass is 35.5. The Labute approximate surface area is 168 Å². The van der Waals surface area contributed by atoms with Gasteiger partial charge in [0, 0.05) is 29.6 Å². The Morgan fingerprint density at radius 2 is 1.79 bits per heavy atom. The number of halogens is 1. The van der Waals surface area contributed by atoms with Crippen molar-refractivity contribution < 1.29 is 14.4 Å².